The molecule has 0 unspecified atom stereocenters. The topological polar surface area (TPSA) is 107 Å². The lowest BCUT2D eigenvalue weighted by Crippen LogP contribution is -2.21. The van der Waals surface area contributed by atoms with Crippen LogP contribution in [-0.2, 0) is 6.18 Å². The van der Waals surface area contributed by atoms with Crippen LogP contribution in [0.3, 0.4) is 0 Å². The molecule has 0 heterocycles. The van der Waals surface area contributed by atoms with Crippen molar-refractivity contribution in [2.24, 2.45) is 10.8 Å². The van der Waals surface area contributed by atoms with Crippen LogP contribution in [0.4, 0.5) is 18.9 Å². The fraction of sp³-hybridized carbons (Fsp3) is 0.182. The molecule has 20 heavy (non-hydrogen) atoms. The van der Waals surface area contributed by atoms with Crippen molar-refractivity contribution in [3.05, 3.63) is 23.8 Å². The van der Waals surface area contributed by atoms with Crippen molar-refractivity contribution in [2.45, 2.75) is 6.18 Å². The predicted molar refractivity (Wildman–Crippen MR) is 66.6 cm³/mol. The number of hydrazone groups is 1. The third-order valence-electron chi connectivity index (χ3n) is 2.16. The van der Waals surface area contributed by atoms with E-state index >= 15 is 0 Å². The van der Waals surface area contributed by atoms with Crippen molar-refractivity contribution in [2.75, 3.05) is 12.5 Å². The fourth-order valence-corrected chi connectivity index (χ4v) is 1.26. The molecule has 0 aromatic heterocycles. The summed E-state index contributed by atoms with van der Waals surface area (Å²) < 4.78 is 42.9. The van der Waals surface area contributed by atoms with Crippen LogP contribution < -0.4 is 15.9 Å². The molecule has 0 spiro atoms. The number of ether oxygens (including phenoxy) is 1. The van der Waals surface area contributed by atoms with Crippen molar-refractivity contribution in [3.8, 4) is 11.8 Å². The summed E-state index contributed by atoms with van der Waals surface area (Å²) in [6, 6.07) is 4.70. The number of anilines is 1. The van der Waals surface area contributed by atoms with Crippen molar-refractivity contribution < 1.29 is 17.9 Å². The molecule has 0 aliphatic rings. The van der Waals surface area contributed by atoms with E-state index in [-0.39, 0.29) is 11.4 Å². The van der Waals surface area contributed by atoms with Crippen LogP contribution in [0.15, 0.2) is 23.3 Å². The van der Waals surface area contributed by atoms with Crippen LogP contribution in [0.25, 0.3) is 0 Å². The maximum Gasteiger partial charge on any atom is 0.420 e. The highest BCUT2D eigenvalue weighted by molar-refractivity contribution is 6.45. The SMILES string of the molecule is COc1ccc(N/N=C(\C#N)C(=N)N)cc1C(F)(F)F. The van der Waals surface area contributed by atoms with E-state index < -0.39 is 23.3 Å². The molecule has 0 fully saturated rings. The highest BCUT2D eigenvalue weighted by Gasteiger charge is 2.34. The van der Waals surface area contributed by atoms with Gasteiger partial charge in [-0.25, -0.2) is 0 Å². The van der Waals surface area contributed by atoms with E-state index in [0.29, 0.717) is 0 Å². The molecule has 1 aromatic carbocycles. The number of nitrogens with one attached hydrogen (secondary N) is 2. The van der Waals surface area contributed by atoms with E-state index in [9.17, 15) is 13.2 Å². The Morgan fingerprint density at radius 1 is 1.50 bits per heavy atom. The minimum absolute atomic E-state index is 0.0212. The maximum absolute atomic E-state index is 12.8. The van der Waals surface area contributed by atoms with Crippen LogP contribution in [0.1, 0.15) is 5.56 Å². The monoisotopic (exact) mass is 285 g/mol. The standard InChI is InChI=1S/C11H10F3N5O/c1-20-9-3-2-6(4-7(9)11(12,13)14)18-19-8(5-15)10(16)17/h2-4,18H,1H3,(H3,16,17)/b19-8+. The average molecular weight is 285 g/mol. The minimum Gasteiger partial charge on any atom is -0.496 e. The first-order valence-electron chi connectivity index (χ1n) is 5.13. The number of hydrogen-bond acceptors (Lipinski definition) is 5. The zero-order valence-corrected chi connectivity index (χ0v) is 10.2. The van der Waals surface area contributed by atoms with Crippen molar-refractivity contribution in [1.29, 1.82) is 10.7 Å². The molecule has 0 aliphatic heterocycles. The van der Waals surface area contributed by atoms with Crippen LogP contribution in [0.5, 0.6) is 5.75 Å². The highest BCUT2D eigenvalue weighted by Crippen LogP contribution is 2.37. The molecular weight excluding hydrogens is 275 g/mol. The van der Waals surface area contributed by atoms with Gasteiger partial charge >= 0.3 is 6.18 Å². The van der Waals surface area contributed by atoms with E-state index in [1.165, 1.54) is 12.1 Å². The van der Waals surface area contributed by atoms with E-state index in [2.05, 4.69) is 15.3 Å². The van der Waals surface area contributed by atoms with Gasteiger partial charge in [0.15, 0.2) is 5.84 Å². The molecule has 0 atom stereocenters. The van der Waals surface area contributed by atoms with Gasteiger partial charge in [0.2, 0.25) is 5.71 Å². The Morgan fingerprint density at radius 3 is 2.60 bits per heavy atom. The Balaban J connectivity index is 3.11. The van der Waals surface area contributed by atoms with Gasteiger partial charge in [-0.1, -0.05) is 0 Å². The van der Waals surface area contributed by atoms with Crippen LogP contribution in [0, 0.1) is 16.7 Å². The Hall–Kier alpha value is -2.76. The first kappa shape index (κ1) is 15.3. The van der Waals surface area contributed by atoms with Gasteiger partial charge in [0.1, 0.15) is 11.8 Å². The largest absolute Gasteiger partial charge is 0.496 e. The zero-order chi connectivity index (χ0) is 15.3. The average Bonchev–Trinajstić information content (AvgIpc) is 2.37. The van der Waals surface area contributed by atoms with Crippen LogP contribution in [0.2, 0.25) is 0 Å². The second-order valence-corrected chi connectivity index (χ2v) is 3.51. The number of amidine groups is 1. The molecule has 0 aliphatic carbocycles. The number of methoxy groups -OCH3 is 1. The van der Waals surface area contributed by atoms with Gasteiger partial charge in [-0.15, -0.1) is 0 Å². The van der Waals surface area contributed by atoms with E-state index in [4.69, 9.17) is 16.4 Å². The number of hydrogen-bond donors (Lipinski definition) is 3. The maximum atomic E-state index is 12.8. The van der Waals surface area contributed by atoms with Gasteiger partial charge in [-0.05, 0) is 18.2 Å². The quantitative estimate of drug-likeness (QED) is 0.446. The smallest absolute Gasteiger partial charge is 0.420 e. The fourth-order valence-electron chi connectivity index (χ4n) is 1.26. The normalized spacial score (nSPS) is 11.7. The minimum atomic E-state index is -4.59. The zero-order valence-electron chi connectivity index (χ0n) is 10.2. The Bertz CT molecular complexity index is 589. The third-order valence-corrected chi connectivity index (χ3v) is 2.16. The van der Waals surface area contributed by atoms with Gasteiger partial charge in [-0.3, -0.25) is 10.8 Å². The van der Waals surface area contributed by atoms with Gasteiger partial charge in [0.25, 0.3) is 0 Å². The summed E-state index contributed by atoms with van der Waals surface area (Å²) in [6.45, 7) is 0. The molecule has 4 N–H and O–H groups in total. The van der Waals surface area contributed by atoms with E-state index in [1.807, 2.05) is 0 Å². The number of nitrogens with zero attached hydrogens (tertiary/aromatic N) is 2. The van der Waals surface area contributed by atoms with Crippen molar-refractivity contribution in [1.82, 2.24) is 0 Å². The lowest BCUT2D eigenvalue weighted by atomic mass is 10.1. The highest BCUT2D eigenvalue weighted by atomic mass is 19.4. The Labute approximate surface area is 112 Å². The summed E-state index contributed by atoms with van der Waals surface area (Å²) in [4.78, 5) is 0. The molecule has 0 saturated heterocycles. The van der Waals surface area contributed by atoms with Crippen LogP contribution in [-0.4, -0.2) is 18.7 Å². The second kappa shape index (κ2) is 5.92. The van der Waals surface area contributed by atoms with Gasteiger partial charge in [0, 0.05) is 0 Å². The lowest BCUT2D eigenvalue weighted by Gasteiger charge is -2.13. The van der Waals surface area contributed by atoms with Crippen molar-refractivity contribution in [3.63, 3.8) is 0 Å². The second-order valence-electron chi connectivity index (χ2n) is 3.51. The predicted octanol–water partition coefficient (Wildman–Crippen LogP) is 1.94. The Kier molecular flexibility index (Phi) is 4.53. The molecule has 0 amide bonds. The molecule has 0 saturated carbocycles. The molecule has 9 heteroatoms. The van der Waals surface area contributed by atoms with Gasteiger partial charge in [-0.2, -0.15) is 23.5 Å². The molecule has 106 valence electrons. The number of alkyl halides is 3. The molecule has 0 radical (unpaired) electrons. The van der Waals surface area contributed by atoms with Gasteiger partial charge < -0.3 is 10.5 Å². The number of benzene rings is 1. The Morgan fingerprint density at radius 2 is 2.15 bits per heavy atom. The number of nitriles is 1. The lowest BCUT2D eigenvalue weighted by molar-refractivity contribution is -0.138. The molecular formula is C11H10F3N5O. The van der Waals surface area contributed by atoms with Crippen molar-refractivity contribution >= 4 is 17.2 Å². The summed E-state index contributed by atoms with van der Waals surface area (Å²) in [7, 11) is 1.12. The summed E-state index contributed by atoms with van der Waals surface area (Å²) in [6.07, 6.45) is -4.59. The number of halogens is 3. The van der Waals surface area contributed by atoms with Gasteiger partial charge in [0.05, 0.1) is 18.4 Å². The van der Waals surface area contributed by atoms with Crippen LogP contribution >= 0.6 is 0 Å². The first-order valence-corrected chi connectivity index (χ1v) is 5.13. The third kappa shape index (κ3) is 3.61. The summed E-state index contributed by atoms with van der Waals surface area (Å²) >= 11 is 0. The van der Waals surface area contributed by atoms with E-state index in [0.717, 1.165) is 19.2 Å². The molecule has 1 rings (SSSR count). The summed E-state index contributed by atoms with van der Waals surface area (Å²) in [5.41, 5.74) is 5.83. The number of rotatable bonds is 4. The van der Waals surface area contributed by atoms with E-state index in [1.54, 1.807) is 0 Å². The summed E-state index contributed by atoms with van der Waals surface area (Å²) in [5, 5.41) is 19.0. The summed E-state index contributed by atoms with van der Waals surface area (Å²) in [5.74, 6) is -0.927. The molecule has 0 bridgehead atoms. The first-order chi connectivity index (χ1) is 9.29. The molecule has 1 aromatic rings. The molecule has 6 nitrogen and oxygen atoms in total. The number of nitrogens with two attached hydrogens (primary N) is 1.